The third-order valence-electron chi connectivity index (χ3n) is 5.22. The Bertz CT molecular complexity index is 1190. The van der Waals surface area contributed by atoms with Crippen LogP contribution in [0.25, 0.3) is 0 Å². The first-order valence-corrected chi connectivity index (χ1v) is 12.4. The molecule has 1 fully saturated rings. The van der Waals surface area contributed by atoms with E-state index in [0.717, 1.165) is 17.9 Å². The molecule has 3 rings (SSSR count). The van der Waals surface area contributed by atoms with E-state index in [4.69, 9.17) is 0 Å². The predicted octanol–water partition coefficient (Wildman–Crippen LogP) is 2.69. The highest BCUT2D eigenvalue weighted by Gasteiger charge is 2.65. The number of amides is 1. The zero-order valence-corrected chi connectivity index (χ0v) is 19.9. The predicted molar refractivity (Wildman–Crippen MR) is 118 cm³/mol. The van der Waals surface area contributed by atoms with Crippen molar-refractivity contribution in [2.75, 3.05) is 11.6 Å². The van der Waals surface area contributed by atoms with Crippen molar-refractivity contribution < 1.29 is 26.4 Å². The number of nitrogens with one attached hydrogen (secondary N) is 2. The first-order chi connectivity index (χ1) is 15.2. The molecule has 3 atom stereocenters. The lowest BCUT2D eigenvalue weighted by molar-refractivity contribution is 0.0907. The minimum Gasteiger partial charge on any atom is -0.362 e. The molecule has 1 aliphatic carbocycles. The molecule has 33 heavy (non-hydrogen) atoms. The van der Waals surface area contributed by atoms with E-state index < -0.39 is 51.0 Å². The molecule has 0 bridgehead atoms. The maximum Gasteiger partial charge on any atom is 0.271 e. The summed E-state index contributed by atoms with van der Waals surface area (Å²) in [6, 6.07) is 3.64. The lowest BCUT2D eigenvalue weighted by atomic mass is 9.95. The smallest absolute Gasteiger partial charge is 0.271 e. The van der Waals surface area contributed by atoms with Gasteiger partial charge in [-0.15, -0.1) is 0 Å². The van der Waals surface area contributed by atoms with Gasteiger partial charge in [-0.05, 0) is 31.0 Å². The van der Waals surface area contributed by atoms with Gasteiger partial charge in [-0.1, -0.05) is 18.2 Å². The summed E-state index contributed by atoms with van der Waals surface area (Å²) in [6.07, 6.45) is 4.30. The number of rotatable bonds is 8. The normalized spacial score (nSPS) is 20.2. The monoisotopic (exact) mass is 495 g/mol. The summed E-state index contributed by atoms with van der Waals surface area (Å²) in [6.45, 7) is 3.08. The van der Waals surface area contributed by atoms with Crippen LogP contribution in [0.2, 0.25) is 0 Å². The number of benzene rings is 1. The molecule has 12 heteroatoms. The van der Waals surface area contributed by atoms with Gasteiger partial charge in [0, 0.05) is 24.1 Å². The van der Waals surface area contributed by atoms with Crippen molar-refractivity contribution in [3.63, 3.8) is 0 Å². The van der Waals surface area contributed by atoms with E-state index in [1.165, 1.54) is 31.3 Å². The molecule has 1 amide bonds. The Kier molecular flexibility index (Phi) is 6.71. The van der Waals surface area contributed by atoms with Gasteiger partial charge in [0.2, 0.25) is 0 Å². The second-order valence-corrected chi connectivity index (χ2v) is 10.8. The highest BCUT2D eigenvalue weighted by atomic mass is 32.2. The zero-order chi connectivity index (χ0) is 24.6. The number of sulfone groups is 1. The van der Waals surface area contributed by atoms with Gasteiger partial charge in [-0.25, -0.2) is 31.6 Å². The lowest BCUT2D eigenvalue weighted by Gasteiger charge is -2.33. The SMILES string of the molecule is Cc1c(F)cccc1[C@@]([Si])(Nc1cnc(C(=O)N[C@H](C)/C=C/S(C)(=O)=O)cn1)[C@@H]1CC1(F)F. The van der Waals surface area contributed by atoms with Crippen molar-refractivity contribution in [1.82, 2.24) is 15.3 Å². The molecule has 2 aromatic rings. The molecule has 1 heterocycles. The van der Waals surface area contributed by atoms with E-state index in [0.29, 0.717) is 5.56 Å². The fourth-order valence-corrected chi connectivity index (χ4v) is 4.59. The Balaban J connectivity index is 1.80. The second-order valence-electron chi connectivity index (χ2n) is 8.07. The number of aromatic nitrogens is 2. The summed E-state index contributed by atoms with van der Waals surface area (Å²) < 4.78 is 64.6. The van der Waals surface area contributed by atoms with E-state index in [2.05, 4.69) is 30.8 Å². The van der Waals surface area contributed by atoms with E-state index in [-0.39, 0.29) is 17.1 Å². The van der Waals surface area contributed by atoms with Gasteiger partial charge in [-0.2, -0.15) is 0 Å². The van der Waals surface area contributed by atoms with Crippen molar-refractivity contribution in [3.05, 3.63) is 64.7 Å². The maximum atomic E-state index is 14.1. The number of anilines is 1. The topological polar surface area (TPSA) is 101 Å². The summed E-state index contributed by atoms with van der Waals surface area (Å²) in [4.78, 5) is 20.4. The van der Waals surface area contributed by atoms with Crippen molar-refractivity contribution in [2.45, 2.75) is 37.4 Å². The molecule has 1 aromatic carbocycles. The van der Waals surface area contributed by atoms with Crippen molar-refractivity contribution >= 4 is 31.8 Å². The maximum absolute atomic E-state index is 14.1. The minimum atomic E-state index is -3.33. The van der Waals surface area contributed by atoms with E-state index >= 15 is 0 Å². The third kappa shape index (κ3) is 5.80. The highest BCUT2D eigenvalue weighted by molar-refractivity contribution is 7.93. The van der Waals surface area contributed by atoms with Crippen LogP contribution in [-0.4, -0.2) is 52.8 Å². The Hall–Kier alpha value is -2.73. The molecule has 1 aliphatic rings. The van der Waals surface area contributed by atoms with Gasteiger partial charge >= 0.3 is 0 Å². The summed E-state index contributed by atoms with van der Waals surface area (Å²) >= 11 is 0. The summed E-state index contributed by atoms with van der Waals surface area (Å²) in [7, 11) is 0.105. The number of alkyl halides is 2. The van der Waals surface area contributed by atoms with Crippen LogP contribution < -0.4 is 10.6 Å². The Morgan fingerprint density at radius 3 is 2.55 bits per heavy atom. The molecule has 175 valence electrons. The molecule has 7 nitrogen and oxygen atoms in total. The van der Waals surface area contributed by atoms with Gasteiger partial charge in [-0.3, -0.25) is 4.79 Å². The number of carbonyl (C=O) groups is 1. The highest BCUT2D eigenvalue weighted by Crippen LogP contribution is 2.57. The molecular weight excluding hydrogens is 473 g/mol. The fraction of sp³-hybridized carbons (Fsp3) is 0.381. The number of hydrogen-bond acceptors (Lipinski definition) is 6. The van der Waals surface area contributed by atoms with E-state index in [1.54, 1.807) is 13.0 Å². The van der Waals surface area contributed by atoms with Crippen molar-refractivity contribution in [1.29, 1.82) is 0 Å². The molecular formula is C21H22F3N4O3SSi. The van der Waals surface area contributed by atoms with Crippen LogP contribution in [0.5, 0.6) is 0 Å². The lowest BCUT2D eigenvalue weighted by Crippen LogP contribution is -2.41. The minimum absolute atomic E-state index is 0.0570. The average Bonchev–Trinajstić information content (AvgIpc) is 3.37. The molecule has 0 spiro atoms. The standard InChI is InChI=1S/C21H22F3N4O3SSi/c1-12(7-8-32(3,30)31)27-19(29)16-10-26-18(11-25-16)28-21(33,17-9-20(17,23)24)14-5-4-6-15(22)13(14)2/h4-8,10-12,17H,9H2,1-3H3,(H,26,28)(H,27,29)/b8-7+/t12-,17-,21+/m1/s1. The molecule has 0 aliphatic heterocycles. The fourth-order valence-electron chi connectivity index (χ4n) is 3.36. The van der Waals surface area contributed by atoms with Crippen LogP contribution in [0.3, 0.4) is 0 Å². The van der Waals surface area contributed by atoms with Crippen molar-refractivity contribution in [3.8, 4) is 0 Å². The first-order valence-electron chi connectivity index (χ1n) is 9.91. The Labute approximate surface area is 193 Å². The second kappa shape index (κ2) is 8.90. The van der Waals surface area contributed by atoms with Gasteiger partial charge in [0.1, 0.15) is 17.3 Å². The molecule has 1 saturated carbocycles. The number of nitrogens with zero attached hydrogens (tertiary/aromatic N) is 2. The van der Waals surface area contributed by atoms with Crippen LogP contribution in [-0.2, 0) is 15.0 Å². The van der Waals surface area contributed by atoms with Gasteiger partial charge in [0.15, 0.2) is 9.84 Å². The van der Waals surface area contributed by atoms with Gasteiger partial charge < -0.3 is 10.6 Å². The molecule has 0 saturated heterocycles. The molecule has 3 radical (unpaired) electrons. The number of carbonyl (C=O) groups excluding carboxylic acids is 1. The van der Waals surface area contributed by atoms with Crippen LogP contribution in [0.4, 0.5) is 19.0 Å². The van der Waals surface area contributed by atoms with E-state index in [1.807, 2.05) is 0 Å². The third-order valence-corrected chi connectivity index (χ3v) is 6.62. The Morgan fingerprint density at radius 2 is 2.00 bits per heavy atom. The summed E-state index contributed by atoms with van der Waals surface area (Å²) in [5, 5.41) is 4.90. The van der Waals surface area contributed by atoms with Gasteiger partial charge in [0.25, 0.3) is 11.8 Å². The van der Waals surface area contributed by atoms with E-state index in [9.17, 15) is 26.4 Å². The zero-order valence-electron chi connectivity index (χ0n) is 18.1. The molecule has 1 aromatic heterocycles. The van der Waals surface area contributed by atoms with Crippen LogP contribution >= 0.6 is 0 Å². The molecule has 2 N–H and O–H groups in total. The quantitative estimate of drug-likeness (QED) is 0.546. The number of hydrogen-bond donors (Lipinski definition) is 2. The van der Waals surface area contributed by atoms with Crippen LogP contribution in [0.1, 0.15) is 35.0 Å². The average molecular weight is 496 g/mol. The van der Waals surface area contributed by atoms with Gasteiger partial charge in [0.05, 0.1) is 33.7 Å². The summed E-state index contributed by atoms with van der Waals surface area (Å²) in [5.41, 5.74) is 0.456. The molecule has 0 unspecified atom stereocenters. The summed E-state index contributed by atoms with van der Waals surface area (Å²) in [5.74, 6) is -5.14. The van der Waals surface area contributed by atoms with Crippen molar-refractivity contribution in [2.24, 2.45) is 5.92 Å². The first kappa shape index (κ1) is 24.9. The van der Waals surface area contributed by atoms with Crippen LogP contribution in [0, 0.1) is 18.7 Å². The Morgan fingerprint density at radius 1 is 1.33 bits per heavy atom. The largest absolute Gasteiger partial charge is 0.362 e. The number of halogens is 3. The van der Waals surface area contributed by atoms with Crippen LogP contribution in [0.15, 0.2) is 42.1 Å².